The maximum Gasteiger partial charge on any atom is 0.350 e. The molecule has 1 N–H and O–H groups in total. The number of benzene rings is 1. The van der Waals surface area contributed by atoms with Crippen molar-refractivity contribution >= 4 is 28.7 Å². The molecule has 1 aromatic heterocycles. The Morgan fingerprint density at radius 2 is 2.23 bits per heavy atom. The summed E-state index contributed by atoms with van der Waals surface area (Å²) < 4.78 is 4.96. The lowest BCUT2D eigenvalue weighted by atomic mass is 10.2. The SMILES string of the molecule is CCOC(=O)c1sc(N/N=C\c2ccc(C#N)cc2)nc1C. The van der Waals surface area contributed by atoms with Gasteiger partial charge in [-0.1, -0.05) is 23.5 Å². The second-order valence-corrected chi connectivity index (χ2v) is 5.26. The highest BCUT2D eigenvalue weighted by atomic mass is 32.1. The smallest absolute Gasteiger partial charge is 0.350 e. The highest BCUT2D eigenvalue weighted by Crippen LogP contribution is 2.23. The summed E-state index contributed by atoms with van der Waals surface area (Å²) in [5.74, 6) is -0.373. The van der Waals surface area contributed by atoms with E-state index in [2.05, 4.69) is 21.6 Å². The lowest BCUT2D eigenvalue weighted by Crippen LogP contribution is -2.03. The zero-order valence-electron chi connectivity index (χ0n) is 12.2. The van der Waals surface area contributed by atoms with Crippen LogP contribution in [-0.2, 0) is 4.74 Å². The molecular formula is C15H14N4O2S. The molecule has 0 saturated heterocycles. The van der Waals surface area contributed by atoms with E-state index < -0.39 is 0 Å². The van der Waals surface area contributed by atoms with Gasteiger partial charge in [-0.05, 0) is 31.5 Å². The van der Waals surface area contributed by atoms with Gasteiger partial charge >= 0.3 is 5.97 Å². The number of hydrogen-bond donors (Lipinski definition) is 1. The van der Waals surface area contributed by atoms with Crippen molar-refractivity contribution in [1.29, 1.82) is 5.26 Å². The van der Waals surface area contributed by atoms with Gasteiger partial charge in [0.15, 0.2) is 0 Å². The van der Waals surface area contributed by atoms with Crippen LogP contribution in [0.3, 0.4) is 0 Å². The molecular weight excluding hydrogens is 300 g/mol. The van der Waals surface area contributed by atoms with Crippen LogP contribution in [0.2, 0.25) is 0 Å². The molecule has 112 valence electrons. The molecule has 0 radical (unpaired) electrons. The minimum Gasteiger partial charge on any atom is -0.462 e. The van der Waals surface area contributed by atoms with Gasteiger partial charge in [-0.25, -0.2) is 9.78 Å². The number of thiazole rings is 1. The number of aryl methyl sites for hydroxylation is 1. The number of rotatable bonds is 5. The van der Waals surface area contributed by atoms with Crippen molar-refractivity contribution in [1.82, 2.24) is 4.98 Å². The molecule has 0 aliphatic carbocycles. The average Bonchev–Trinajstić information content (AvgIpc) is 2.89. The van der Waals surface area contributed by atoms with E-state index in [1.54, 1.807) is 44.3 Å². The molecule has 0 fully saturated rings. The van der Waals surface area contributed by atoms with Gasteiger partial charge in [-0.15, -0.1) is 0 Å². The Morgan fingerprint density at radius 3 is 2.86 bits per heavy atom. The normalized spacial score (nSPS) is 10.4. The van der Waals surface area contributed by atoms with Crippen LogP contribution in [0.5, 0.6) is 0 Å². The van der Waals surface area contributed by atoms with E-state index in [1.807, 2.05) is 0 Å². The molecule has 22 heavy (non-hydrogen) atoms. The molecule has 2 aromatic rings. The number of nitrogens with zero attached hydrogens (tertiary/aromatic N) is 3. The fourth-order valence-electron chi connectivity index (χ4n) is 1.64. The summed E-state index contributed by atoms with van der Waals surface area (Å²) in [5, 5.41) is 13.3. The molecule has 0 aliphatic heterocycles. The first kappa shape index (κ1) is 15.7. The molecule has 0 aliphatic rings. The van der Waals surface area contributed by atoms with Crippen LogP contribution in [0.4, 0.5) is 5.13 Å². The van der Waals surface area contributed by atoms with Crippen LogP contribution < -0.4 is 5.43 Å². The number of ether oxygens (including phenoxy) is 1. The third kappa shape index (κ3) is 3.90. The molecule has 1 aromatic carbocycles. The number of carbonyl (C=O) groups is 1. The summed E-state index contributed by atoms with van der Waals surface area (Å²) >= 11 is 1.20. The van der Waals surface area contributed by atoms with Crippen molar-refractivity contribution in [3.63, 3.8) is 0 Å². The van der Waals surface area contributed by atoms with E-state index in [1.165, 1.54) is 11.3 Å². The van der Waals surface area contributed by atoms with Gasteiger partial charge < -0.3 is 4.74 Å². The highest BCUT2D eigenvalue weighted by Gasteiger charge is 2.15. The summed E-state index contributed by atoms with van der Waals surface area (Å²) in [7, 11) is 0. The van der Waals surface area contributed by atoms with Gasteiger partial charge in [0.05, 0.1) is 30.1 Å². The average molecular weight is 314 g/mol. The van der Waals surface area contributed by atoms with Gasteiger partial charge in [0.1, 0.15) is 4.88 Å². The topological polar surface area (TPSA) is 87.4 Å². The predicted molar refractivity (Wildman–Crippen MR) is 85.2 cm³/mol. The molecule has 0 unspecified atom stereocenters. The predicted octanol–water partition coefficient (Wildman–Crippen LogP) is 2.95. The van der Waals surface area contributed by atoms with Crippen LogP contribution in [0.1, 0.15) is 33.4 Å². The van der Waals surface area contributed by atoms with E-state index in [4.69, 9.17) is 10.00 Å². The number of aromatic nitrogens is 1. The third-order valence-electron chi connectivity index (χ3n) is 2.67. The number of nitrogens with one attached hydrogen (secondary N) is 1. The molecule has 0 bridgehead atoms. The Hall–Kier alpha value is -2.72. The quantitative estimate of drug-likeness (QED) is 0.521. The van der Waals surface area contributed by atoms with E-state index in [9.17, 15) is 4.79 Å². The minimum absolute atomic E-state index is 0.329. The summed E-state index contributed by atoms with van der Waals surface area (Å²) in [5.41, 5.74) is 4.84. The Labute approximate surface area is 132 Å². The molecule has 6 nitrogen and oxygen atoms in total. The van der Waals surface area contributed by atoms with Crippen molar-refractivity contribution in [2.24, 2.45) is 5.10 Å². The van der Waals surface area contributed by atoms with E-state index in [-0.39, 0.29) is 5.97 Å². The lowest BCUT2D eigenvalue weighted by molar-refractivity contribution is 0.0531. The van der Waals surface area contributed by atoms with E-state index >= 15 is 0 Å². The number of hydrazone groups is 1. The summed E-state index contributed by atoms with van der Waals surface area (Å²) in [6.45, 7) is 3.84. The Morgan fingerprint density at radius 1 is 1.50 bits per heavy atom. The van der Waals surface area contributed by atoms with E-state index in [0.29, 0.717) is 27.9 Å². The monoisotopic (exact) mass is 314 g/mol. The second-order valence-electron chi connectivity index (χ2n) is 4.26. The van der Waals surface area contributed by atoms with Crippen LogP contribution in [0, 0.1) is 18.3 Å². The minimum atomic E-state index is -0.373. The highest BCUT2D eigenvalue weighted by molar-refractivity contribution is 7.17. The largest absolute Gasteiger partial charge is 0.462 e. The Kier molecular flexibility index (Phi) is 5.22. The summed E-state index contributed by atoms with van der Waals surface area (Å²) in [4.78, 5) is 16.4. The van der Waals surface area contributed by atoms with Gasteiger partial charge in [0.2, 0.25) is 5.13 Å². The third-order valence-corrected chi connectivity index (χ3v) is 3.71. The fourth-order valence-corrected chi connectivity index (χ4v) is 2.45. The maximum absolute atomic E-state index is 11.7. The molecule has 2 rings (SSSR count). The standard InChI is InChI=1S/C15H14N4O2S/c1-3-21-14(20)13-10(2)18-15(22-13)19-17-9-12-6-4-11(8-16)5-7-12/h4-7,9H,3H2,1-2H3,(H,18,19)/b17-9-. The first-order valence-electron chi connectivity index (χ1n) is 6.57. The lowest BCUT2D eigenvalue weighted by Gasteiger charge is -1.97. The summed E-state index contributed by atoms with van der Waals surface area (Å²) in [6.07, 6.45) is 1.61. The summed E-state index contributed by atoms with van der Waals surface area (Å²) in [6, 6.07) is 9.07. The van der Waals surface area contributed by atoms with Crippen molar-refractivity contribution in [2.75, 3.05) is 12.0 Å². The van der Waals surface area contributed by atoms with Crippen LogP contribution in [-0.4, -0.2) is 23.8 Å². The first-order chi connectivity index (χ1) is 10.6. The molecule has 7 heteroatoms. The van der Waals surface area contributed by atoms with Crippen molar-refractivity contribution in [3.05, 3.63) is 46.0 Å². The van der Waals surface area contributed by atoms with Gasteiger partial charge in [0.25, 0.3) is 0 Å². The van der Waals surface area contributed by atoms with Gasteiger partial charge in [-0.2, -0.15) is 10.4 Å². The van der Waals surface area contributed by atoms with Gasteiger partial charge in [-0.3, -0.25) is 5.43 Å². The Balaban J connectivity index is 2.02. The zero-order valence-corrected chi connectivity index (χ0v) is 13.0. The van der Waals surface area contributed by atoms with Crippen molar-refractivity contribution in [3.8, 4) is 6.07 Å². The van der Waals surface area contributed by atoms with Crippen molar-refractivity contribution in [2.45, 2.75) is 13.8 Å². The number of anilines is 1. The molecule has 0 atom stereocenters. The van der Waals surface area contributed by atoms with Crippen molar-refractivity contribution < 1.29 is 9.53 Å². The maximum atomic E-state index is 11.7. The van der Waals surface area contributed by atoms with Crippen LogP contribution in [0.25, 0.3) is 0 Å². The number of hydrogen-bond acceptors (Lipinski definition) is 7. The number of esters is 1. The zero-order chi connectivity index (χ0) is 15.9. The number of carbonyl (C=O) groups excluding carboxylic acids is 1. The van der Waals surface area contributed by atoms with E-state index in [0.717, 1.165) is 5.56 Å². The Bertz CT molecular complexity index is 729. The molecule has 0 saturated carbocycles. The molecule has 0 spiro atoms. The fraction of sp³-hybridized carbons (Fsp3) is 0.200. The second kappa shape index (κ2) is 7.33. The van der Waals surface area contributed by atoms with Crippen LogP contribution >= 0.6 is 11.3 Å². The molecule has 1 heterocycles. The first-order valence-corrected chi connectivity index (χ1v) is 7.39. The molecule has 0 amide bonds. The van der Waals surface area contributed by atoms with Gasteiger partial charge in [0, 0.05) is 0 Å². The number of nitriles is 1. The van der Waals surface area contributed by atoms with Crippen LogP contribution in [0.15, 0.2) is 29.4 Å².